The van der Waals surface area contributed by atoms with Gasteiger partial charge < -0.3 is 15.0 Å². The van der Waals surface area contributed by atoms with Crippen LogP contribution in [0.1, 0.15) is 24.9 Å². The molecule has 3 unspecified atom stereocenters. The van der Waals surface area contributed by atoms with Gasteiger partial charge in [0, 0.05) is 22.7 Å². The Kier molecular flexibility index (Phi) is 5.58. The highest BCUT2D eigenvalue weighted by atomic mass is 35.5. The van der Waals surface area contributed by atoms with Crippen molar-refractivity contribution in [2.45, 2.75) is 31.7 Å². The molecule has 188 valence electrons. The number of halogens is 6. The predicted molar refractivity (Wildman–Crippen MR) is 117 cm³/mol. The third-order valence-electron chi connectivity index (χ3n) is 5.76. The van der Waals surface area contributed by atoms with E-state index in [1.807, 2.05) is 0 Å². The van der Waals surface area contributed by atoms with Gasteiger partial charge in [-0.25, -0.2) is 13.8 Å². The lowest BCUT2D eigenvalue weighted by Gasteiger charge is -2.19. The van der Waals surface area contributed by atoms with Crippen molar-refractivity contribution in [3.05, 3.63) is 41.2 Å². The number of H-pyrrole nitrogens is 1. The van der Waals surface area contributed by atoms with Crippen LogP contribution < -0.4 is 10.6 Å². The second-order valence-corrected chi connectivity index (χ2v) is 8.66. The van der Waals surface area contributed by atoms with Gasteiger partial charge in [-0.3, -0.25) is 19.7 Å². The maximum absolute atomic E-state index is 15.4. The highest BCUT2D eigenvalue weighted by molar-refractivity contribution is 6.35. The molecule has 2 amide bonds. The molecule has 0 spiro atoms. The van der Waals surface area contributed by atoms with Crippen LogP contribution >= 0.6 is 11.6 Å². The van der Waals surface area contributed by atoms with Crippen LogP contribution in [0.5, 0.6) is 0 Å². The molecule has 1 fully saturated rings. The quantitative estimate of drug-likeness (QED) is 0.338. The van der Waals surface area contributed by atoms with E-state index in [4.69, 9.17) is 11.6 Å². The fourth-order valence-corrected chi connectivity index (χ4v) is 4.19. The SMILES string of the molecule is CC(NC(=O)C(F)(F)F)c1c(F)c(Cl)c(-c2cn3cc(NC(=O)C4CC4F)nc3cn2)c2cn[nH]c12. The number of anilines is 1. The van der Waals surface area contributed by atoms with E-state index in [1.165, 1.54) is 36.1 Å². The number of rotatable bonds is 5. The van der Waals surface area contributed by atoms with E-state index in [0.29, 0.717) is 5.65 Å². The van der Waals surface area contributed by atoms with E-state index >= 15 is 4.39 Å². The predicted octanol–water partition coefficient (Wildman–Crippen LogP) is 4.10. The number of aromatic amines is 1. The number of nitrogens with one attached hydrogen (secondary N) is 3. The summed E-state index contributed by atoms with van der Waals surface area (Å²) in [6.45, 7) is 1.18. The molecule has 3 heterocycles. The number of hydrogen-bond donors (Lipinski definition) is 3. The van der Waals surface area contributed by atoms with Gasteiger partial charge in [-0.15, -0.1) is 0 Å². The molecule has 1 aliphatic carbocycles. The molecular formula is C21H15ClF5N7O2. The zero-order chi connectivity index (χ0) is 25.9. The number of fused-ring (bicyclic) bond motifs is 2. The Balaban J connectivity index is 1.53. The zero-order valence-corrected chi connectivity index (χ0v) is 18.9. The Morgan fingerprint density at radius 3 is 2.67 bits per heavy atom. The molecule has 3 aromatic heterocycles. The molecule has 3 N–H and O–H groups in total. The van der Waals surface area contributed by atoms with E-state index < -0.39 is 47.0 Å². The van der Waals surface area contributed by atoms with Crippen molar-refractivity contribution >= 4 is 45.8 Å². The van der Waals surface area contributed by atoms with Crippen molar-refractivity contribution in [2.75, 3.05) is 5.32 Å². The first-order valence-electron chi connectivity index (χ1n) is 10.5. The topological polar surface area (TPSA) is 117 Å². The van der Waals surface area contributed by atoms with E-state index in [1.54, 1.807) is 5.32 Å². The molecule has 0 aliphatic heterocycles. The van der Waals surface area contributed by atoms with Gasteiger partial charge >= 0.3 is 12.1 Å². The highest BCUT2D eigenvalue weighted by Crippen LogP contribution is 2.40. The lowest BCUT2D eigenvalue weighted by molar-refractivity contribution is -0.174. The third-order valence-corrected chi connectivity index (χ3v) is 6.12. The van der Waals surface area contributed by atoms with Crippen molar-refractivity contribution in [3.63, 3.8) is 0 Å². The molecule has 5 rings (SSSR count). The van der Waals surface area contributed by atoms with Gasteiger partial charge in [0.2, 0.25) is 5.91 Å². The standard InChI is InChI=1S/C21H15ClF5N7O2/c1-7(30-20(36)21(25,26)27)14-17(24)16(22)15(9-3-29-33-18(9)14)11-5-34-6-12(31-13(34)4-28-11)32-19(35)8-2-10(8)23/h3-8,10H,2H2,1H3,(H,29,33)(H,30,36)(H,32,35). The minimum Gasteiger partial charge on any atom is -0.342 e. The molecule has 0 bridgehead atoms. The first-order valence-corrected chi connectivity index (χ1v) is 10.8. The first-order chi connectivity index (χ1) is 17.0. The van der Waals surface area contributed by atoms with Crippen molar-refractivity contribution in [1.29, 1.82) is 0 Å². The Morgan fingerprint density at radius 1 is 1.28 bits per heavy atom. The van der Waals surface area contributed by atoms with Crippen LogP contribution in [-0.4, -0.2) is 48.7 Å². The Hall–Kier alpha value is -3.81. The van der Waals surface area contributed by atoms with Gasteiger partial charge in [0.25, 0.3) is 0 Å². The third kappa shape index (κ3) is 4.10. The van der Waals surface area contributed by atoms with Gasteiger partial charge in [0.1, 0.15) is 12.0 Å². The van der Waals surface area contributed by atoms with Crippen molar-refractivity contribution in [1.82, 2.24) is 29.9 Å². The molecule has 1 aromatic carbocycles. The summed E-state index contributed by atoms with van der Waals surface area (Å²) < 4.78 is 68.1. The fourth-order valence-electron chi connectivity index (χ4n) is 3.89. The molecule has 15 heteroatoms. The van der Waals surface area contributed by atoms with Crippen LogP contribution in [0.4, 0.5) is 27.8 Å². The number of hydrogen-bond acceptors (Lipinski definition) is 5. The summed E-state index contributed by atoms with van der Waals surface area (Å²) >= 11 is 6.31. The maximum Gasteiger partial charge on any atom is 0.471 e. The van der Waals surface area contributed by atoms with E-state index in [-0.39, 0.29) is 40.0 Å². The number of amides is 2. The van der Waals surface area contributed by atoms with Crippen molar-refractivity contribution in [2.24, 2.45) is 5.92 Å². The number of alkyl halides is 4. The summed E-state index contributed by atoms with van der Waals surface area (Å²) in [5.74, 6) is -4.34. The largest absolute Gasteiger partial charge is 0.471 e. The number of nitrogens with zero attached hydrogens (tertiary/aromatic N) is 4. The maximum atomic E-state index is 15.4. The number of carbonyl (C=O) groups is 2. The summed E-state index contributed by atoms with van der Waals surface area (Å²) in [7, 11) is 0. The minimum atomic E-state index is -5.16. The first kappa shape index (κ1) is 23.9. The minimum absolute atomic E-state index is 0.0209. The molecule has 0 radical (unpaired) electrons. The highest BCUT2D eigenvalue weighted by Gasteiger charge is 2.44. The van der Waals surface area contributed by atoms with Crippen LogP contribution in [-0.2, 0) is 9.59 Å². The number of imidazole rings is 1. The average Bonchev–Trinajstić information content (AvgIpc) is 3.16. The Morgan fingerprint density at radius 2 is 2.00 bits per heavy atom. The van der Waals surface area contributed by atoms with E-state index in [2.05, 4.69) is 25.5 Å². The molecule has 1 saturated carbocycles. The second kappa shape index (κ2) is 8.40. The van der Waals surface area contributed by atoms with Gasteiger partial charge in [0.05, 0.1) is 46.8 Å². The zero-order valence-electron chi connectivity index (χ0n) is 18.1. The molecular weight excluding hydrogens is 513 g/mol. The molecule has 3 atom stereocenters. The van der Waals surface area contributed by atoms with E-state index in [0.717, 1.165) is 0 Å². The second-order valence-electron chi connectivity index (χ2n) is 8.28. The summed E-state index contributed by atoms with van der Waals surface area (Å²) in [6.07, 6.45) is -0.632. The van der Waals surface area contributed by atoms with Gasteiger partial charge in [-0.05, 0) is 13.3 Å². The number of benzene rings is 1. The molecule has 9 nitrogen and oxygen atoms in total. The van der Waals surface area contributed by atoms with Gasteiger partial charge in [-0.2, -0.15) is 18.3 Å². The summed E-state index contributed by atoms with van der Waals surface area (Å²) in [5.41, 5.74) is 0.288. The van der Waals surface area contributed by atoms with E-state index in [9.17, 15) is 27.2 Å². The van der Waals surface area contributed by atoms with Crippen LogP contribution in [0.3, 0.4) is 0 Å². The number of aromatic nitrogens is 5. The average molecular weight is 528 g/mol. The van der Waals surface area contributed by atoms with Crippen molar-refractivity contribution in [3.8, 4) is 11.3 Å². The molecule has 4 aromatic rings. The lowest BCUT2D eigenvalue weighted by Crippen LogP contribution is -2.38. The fraction of sp³-hybridized carbons (Fsp3) is 0.286. The summed E-state index contributed by atoms with van der Waals surface area (Å²) in [5, 5.41) is 10.4. The monoisotopic (exact) mass is 527 g/mol. The van der Waals surface area contributed by atoms with Crippen LogP contribution in [0.15, 0.2) is 24.8 Å². The Labute approximate surface area is 203 Å². The van der Waals surface area contributed by atoms with Crippen molar-refractivity contribution < 1.29 is 31.5 Å². The van der Waals surface area contributed by atoms with Crippen LogP contribution in [0.2, 0.25) is 5.02 Å². The molecule has 1 aliphatic rings. The molecule has 36 heavy (non-hydrogen) atoms. The summed E-state index contributed by atoms with van der Waals surface area (Å²) in [4.78, 5) is 31.8. The summed E-state index contributed by atoms with van der Waals surface area (Å²) in [6, 6.07) is -1.40. The smallest absolute Gasteiger partial charge is 0.342 e. The van der Waals surface area contributed by atoms with Crippen LogP contribution in [0.25, 0.3) is 27.8 Å². The normalized spacial score (nSPS) is 18.4. The van der Waals surface area contributed by atoms with Crippen LogP contribution in [0, 0.1) is 11.7 Å². The van der Waals surface area contributed by atoms with Gasteiger partial charge in [-0.1, -0.05) is 11.6 Å². The Bertz CT molecular complexity index is 1530. The lowest BCUT2D eigenvalue weighted by atomic mass is 9.98. The number of carbonyl (C=O) groups excluding carboxylic acids is 2. The van der Waals surface area contributed by atoms with Gasteiger partial charge in [0.15, 0.2) is 11.5 Å². The molecule has 0 saturated heterocycles.